The number of thioether (sulfide) groups is 1. The summed E-state index contributed by atoms with van der Waals surface area (Å²) in [4.78, 5) is 22.7. The number of benzene rings is 2. The number of hydrogen-bond acceptors (Lipinski definition) is 5. The Hall–Kier alpha value is -2.86. The minimum atomic E-state index is 0.0197. The molecule has 0 spiro atoms. The Bertz CT molecular complexity index is 1270. The monoisotopic (exact) mass is 433 g/mol. The van der Waals surface area contributed by atoms with Crippen molar-refractivity contribution in [1.82, 2.24) is 14.5 Å². The standard InChI is InChI=1S/C25H27N3O2S/c1-16(2)13-14-28-24(29)20-11-7-8-12-21(20)27-25(28)31-15-22-18(4)30-23(26-22)19-10-6-5-9-17(19)3/h5-12,16H,13-15H2,1-4H3. The maximum atomic E-state index is 13.1. The molecule has 0 aliphatic carbocycles. The van der Waals surface area contributed by atoms with Gasteiger partial charge in [0.25, 0.3) is 5.56 Å². The second-order valence-electron chi connectivity index (χ2n) is 8.18. The third-order valence-corrected chi connectivity index (χ3v) is 6.35. The summed E-state index contributed by atoms with van der Waals surface area (Å²) in [5.74, 6) is 2.52. The number of aryl methyl sites for hydroxylation is 2. The molecule has 160 valence electrons. The third-order valence-electron chi connectivity index (χ3n) is 5.36. The van der Waals surface area contributed by atoms with E-state index in [2.05, 4.69) is 26.8 Å². The normalized spacial score (nSPS) is 11.5. The summed E-state index contributed by atoms with van der Waals surface area (Å²) in [6.45, 7) is 8.97. The second kappa shape index (κ2) is 9.10. The molecule has 5 nitrogen and oxygen atoms in total. The van der Waals surface area contributed by atoms with Crippen LogP contribution in [0.1, 0.15) is 37.3 Å². The molecule has 0 aliphatic rings. The first-order valence-corrected chi connectivity index (χ1v) is 11.6. The van der Waals surface area contributed by atoms with Gasteiger partial charge in [-0.1, -0.05) is 55.9 Å². The Morgan fingerprint density at radius 3 is 2.55 bits per heavy atom. The maximum Gasteiger partial charge on any atom is 0.262 e. The Kier molecular flexibility index (Phi) is 6.28. The van der Waals surface area contributed by atoms with Crippen molar-refractivity contribution in [1.29, 1.82) is 0 Å². The molecular formula is C25H27N3O2S. The smallest absolute Gasteiger partial charge is 0.262 e. The van der Waals surface area contributed by atoms with Crippen molar-refractivity contribution in [3.05, 3.63) is 75.9 Å². The van der Waals surface area contributed by atoms with Gasteiger partial charge in [0, 0.05) is 17.9 Å². The van der Waals surface area contributed by atoms with E-state index >= 15 is 0 Å². The van der Waals surface area contributed by atoms with Crippen LogP contribution in [-0.2, 0) is 12.3 Å². The first-order chi connectivity index (χ1) is 14.9. The van der Waals surface area contributed by atoms with Crippen molar-refractivity contribution in [2.24, 2.45) is 5.92 Å². The SMILES string of the molecule is Cc1ccccc1-c1nc(CSc2nc3ccccc3c(=O)n2CCC(C)C)c(C)o1. The van der Waals surface area contributed by atoms with E-state index in [0.717, 1.165) is 39.7 Å². The van der Waals surface area contributed by atoms with Crippen molar-refractivity contribution < 1.29 is 4.42 Å². The van der Waals surface area contributed by atoms with Crippen molar-refractivity contribution >= 4 is 22.7 Å². The van der Waals surface area contributed by atoms with Crippen LogP contribution in [0.2, 0.25) is 0 Å². The predicted octanol–water partition coefficient (Wildman–Crippen LogP) is 6.01. The quantitative estimate of drug-likeness (QED) is 0.264. The molecule has 0 saturated carbocycles. The fraction of sp³-hybridized carbons (Fsp3) is 0.320. The number of rotatable bonds is 7. The summed E-state index contributed by atoms with van der Waals surface area (Å²) in [7, 11) is 0. The van der Waals surface area contributed by atoms with Crippen molar-refractivity contribution in [2.45, 2.75) is 51.6 Å². The van der Waals surface area contributed by atoms with Gasteiger partial charge < -0.3 is 4.42 Å². The van der Waals surface area contributed by atoms with Crippen molar-refractivity contribution in [3.8, 4) is 11.5 Å². The van der Waals surface area contributed by atoms with Crippen LogP contribution in [-0.4, -0.2) is 14.5 Å². The molecule has 2 aromatic carbocycles. The van der Waals surface area contributed by atoms with Crippen LogP contribution in [0.3, 0.4) is 0 Å². The molecule has 0 unspecified atom stereocenters. The summed E-state index contributed by atoms with van der Waals surface area (Å²) in [6.07, 6.45) is 0.925. The number of oxazole rings is 1. The second-order valence-corrected chi connectivity index (χ2v) is 9.12. The molecule has 0 bridgehead atoms. The fourth-order valence-electron chi connectivity index (χ4n) is 3.47. The molecule has 0 atom stereocenters. The molecule has 0 radical (unpaired) electrons. The van der Waals surface area contributed by atoms with Gasteiger partial charge in [-0.15, -0.1) is 0 Å². The molecular weight excluding hydrogens is 406 g/mol. The Morgan fingerprint density at radius 2 is 1.77 bits per heavy atom. The minimum absolute atomic E-state index is 0.0197. The van der Waals surface area contributed by atoms with Gasteiger partial charge in [0.2, 0.25) is 5.89 Å². The lowest BCUT2D eigenvalue weighted by atomic mass is 10.1. The van der Waals surface area contributed by atoms with Crippen LogP contribution in [0.4, 0.5) is 0 Å². The molecule has 4 aromatic rings. The van der Waals surface area contributed by atoms with Gasteiger partial charge in [-0.3, -0.25) is 9.36 Å². The summed E-state index contributed by atoms with van der Waals surface area (Å²) in [6, 6.07) is 15.6. The molecule has 0 N–H and O–H groups in total. The van der Waals surface area contributed by atoms with Gasteiger partial charge >= 0.3 is 0 Å². The lowest BCUT2D eigenvalue weighted by molar-refractivity contribution is 0.481. The summed E-state index contributed by atoms with van der Waals surface area (Å²) >= 11 is 1.54. The third kappa shape index (κ3) is 4.59. The zero-order valence-electron chi connectivity index (χ0n) is 18.4. The Morgan fingerprint density at radius 1 is 1.03 bits per heavy atom. The van der Waals surface area contributed by atoms with Crippen LogP contribution in [0, 0.1) is 19.8 Å². The molecule has 4 rings (SSSR count). The minimum Gasteiger partial charge on any atom is -0.441 e. The van der Waals surface area contributed by atoms with E-state index in [1.54, 1.807) is 0 Å². The molecule has 6 heteroatoms. The van der Waals surface area contributed by atoms with Crippen LogP contribution in [0.15, 0.2) is 62.9 Å². The first-order valence-electron chi connectivity index (χ1n) is 10.6. The van der Waals surface area contributed by atoms with Gasteiger partial charge in [0.1, 0.15) is 5.76 Å². The number of hydrogen-bond donors (Lipinski definition) is 0. The average Bonchev–Trinajstić information content (AvgIpc) is 3.12. The number of para-hydroxylation sites is 1. The molecule has 0 fully saturated rings. The van der Waals surface area contributed by atoms with E-state index < -0.39 is 0 Å². The summed E-state index contributed by atoms with van der Waals surface area (Å²) in [5.41, 5.74) is 3.75. The van der Waals surface area contributed by atoms with Gasteiger partial charge in [-0.2, -0.15) is 0 Å². The highest BCUT2D eigenvalue weighted by Crippen LogP contribution is 2.29. The maximum absolute atomic E-state index is 13.1. The topological polar surface area (TPSA) is 60.9 Å². The average molecular weight is 434 g/mol. The highest BCUT2D eigenvalue weighted by molar-refractivity contribution is 7.98. The molecule has 2 aromatic heterocycles. The van der Waals surface area contributed by atoms with Crippen molar-refractivity contribution in [3.63, 3.8) is 0 Å². The fourth-order valence-corrected chi connectivity index (χ4v) is 4.49. The zero-order chi connectivity index (χ0) is 22.0. The Balaban J connectivity index is 1.65. The van der Waals surface area contributed by atoms with E-state index in [0.29, 0.717) is 29.5 Å². The predicted molar refractivity (Wildman–Crippen MR) is 126 cm³/mol. The van der Waals surface area contributed by atoms with E-state index in [1.807, 2.05) is 54.0 Å². The zero-order valence-corrected chi connectivity index (χ0v) is 19.2. The first kappa shape index (κ1) is 21.4. The van der Waals surface area contributed by atoms with Crippen LogP contribution >= 0.6 is 11.8 Å². The molecule has 2 heterocycles. The van der Waals surface area contributed by atoms with Gasteiger partial charge in [0.15, 0.2) is 5.16 Å². The number of fused-ring (bicyclic) bond motifs is 1. The highest BCUT2D eigenvalue weighted by Gasteiger charge is 2.16. The van der Waals surface area contributed by atoms with E-state index in [4.69, 9.17) is 14.4 Å². The van der Waals surface area contributed by atoms with Gasteiger partial charge in [-0.25, -0.2) is 9.97 Å². The summed E-state index contributed by atoms with van der Waals surface area (Å²) in [5, 5.41) is 1.39. The van der Waals surface area contributed by atoms with E-state index in [1.165, 1.54) is 11.8 Å². The molecule has 0 aliphatic heterocycles. The van der Waals surface area contributed by atoms with Gasteiger partial charge in [-0.05, 0) is 49.9 Å². The largest absolute Gasteiger partial charge is 0.441 e. The Labute approximate surface area is 186 Å². The number of nitrogens with zero attached hydrogens (tertiary/aromatic N) is 3. The van der Waals surface area contributed by atoms with Gasteiger partial charge in [0.05, 0.1) is 16.6 Å². The highest BCUT2D eigenvalue weighted by atomic mass is 32.2. The molecule has 0 saturated heterocycles. The van der Waals surface area contributed by atoms with Crippen LogP contribution < -0.4 is 5.56 Å². The van der Waals surface area contributed by atoms with Crippen molar-refractivity contribution in [2.75, 3.05) is 0 Å². The lowest BCUT2D eigenvalue weighted by Gasteiger charge is -2.14. The van der Waals surface area contributed by atoms with E-state index in [-0.39, 0.29) is 5.56 Å². The van der Waals surface area contributed by atoms with E-state index in [9.17, 15) is 4.79 Å². The van der Waals surface area contributed by atoms with Crippen LogP contribution in [0.5, 0.6) is 0 Å². The molecule has 0 amide bonds. The molecule has 31 heavy (non-hydrogen) atoms. The lowest BCUT2D eigenvalue weighted by Crippen LogP contribution is -2.24. The van der Waals surface area contributed by atoms with Crippen LogP contribution in [0.25, 0.3) is 22.4 Å². The number of aromatic nitrogens is 3. The summed E-state index contributed by atoms with van der Waals surface area (Å²) < 4.78 is 7.77.